The highest BCUT2D eigenvalue weighted by Crippen LogP contribution is 2.31. The lowest BCUT2D eigenvalue weighted by Gasteiger charge is -2.30. The Morgan fingerprint density at radius 1 is 1.08 bits per heavy atom. The van der Waals surface area contributed by atoms with Crippen LogP contribution in [-0.4, -0.2) is 27.3 Å². The summed E-state index contributed by atoms with van der Waals surface area (Å²) in [6.45, 7) is 8.40. The maximum atomic E-state index is 5.24. The second kappa shape index (κ2) is 7.15. The van der Waals surface area contributed by atoms with Crippen molar-refractivity contribution < 1.29 is 4.74 Å². The first kappa shape index (κ1) is 17.9. The van der Waals surface area contributed by atoms with Crippen molar-refractivity contribution in [2.24, 2.45) is 0 Å². The van der Waals surface area contributed by atoms with Crippen molar-refractivity contribution in [3.8, 4) is 11.4 Å². The summed E-state index contributed by atoms with van der Waals surface area (Å²) >= 11 is 0. The number of para-hydroxylation sites is 1. The SMILES string of the molecule is CCC(C)(Nc1ccc(OC)cc1)c1nnnn1-c1c(C)cccc1C. The molecule has 1 atom stereocenters. The lowest BCUT2D eigenvalue weighted by atomic mass is 9.96. The molecule has 0 aliphatic heterocycles. The Hall–Kier alpha value is -2.89. The number of aryl methyl sites for hydroxylation is 2. The van der Waals surface area contributed by atoms with Gasteiger partial charge >= 0.3 is 0 Å². The summed E-state index contributed by atoms with van der Waals surface area (Å²) in [6, 6.07) is 14.1. The van der Waals surface area contributed by atoms with E-state index in [0.29, 0.717) is 0 Å². The fourth-order valence-electron chi connectivity index (χ4n) is 3.12. The molecule has 6 heteroatoms. The lowest BCUT2D eigenvalue weighted by Crippen LogP contribution is -2.34. The minimum Gasteiger partial charge on any atom is -0.497 e. The molecular weight excluding hydrogens is 326 g/mol. The van der Waals surface area contributed by atoms with Gasteiger partial charge in [-0.2, -0.15) is 4.68 Å². The van der Waals surface area contributed by atoms with Crippen LogP contribution in [0.3, 0.4) is 0 Å². The molecule has 26 heavy (non-hydrogen) atoms. The van der Waals surface area contributed by atoms with E-state index in [-0.39, 0.29) is 0 Å². The largest absolute Gasteiger partial charge is 0.497 e. The molecule has 6 nitrogen and oxygen atoms in total. The molecule has 0 aliphatic rings. The van der Waals surface area contributed by atoms with Crippen molar-refractivity contribution in [1.29, 1.82) is 0 Å². The maximum absolute atomic E-state index is 5.24. The molecule has 1 heterocycles. The standard InChI is InChI=1S/C20H25N5O/c1-6-20(4,21-16-10-12-17(26-5)13-11-16)19-22-23-24-25(19)18-14(2)8-7-9-15(18)3/h7-13,21H,6H2,1-5H3. The second-order valence-corrected chi connectivity index (χ2v) is 6.69. The van der Waals surface area contributed by atoms with Gasteiger partial charge in [-0.3, -0.25) is 0 Å². The van der Waals surface area contributed by atoms with E-state index in [1.807, 2.05) is 35.0 Å². The van der Waals surface area contributed by atoms with Gasteiger partial charge < -0.3 is 10.1 Å². The number of aromatic nitrogens is 4. The van der Waals surface area contributed by atoms with E-state index in [1.54, 1.807) is 7.11 Å². The van der Waals surface area contributed by atoms with E-state index in [9.17, 15) is 0 Å². The van der Waals surface area contributed by atoms with Crippen molar-refractivity contribution in [2.75, 3.05) is 12.4 Å². The number of anilines is 1. The van der Waals surface area contributed by atoms with Gasteiger partial charge in [0.15, 0.2) is 5.82 Å². The molecule has 0 radical (unpaired) electrons. The highest BCUT2D eigenvalue weighted by atomic mass is 16.5. The minimum atomic E-state index is -0.424. The Morgan fingerprint density at radius 2 is 1.73 bits per heavy atom. The minimum absolute atomic E-state index is 0.424. The quantitative estimate of drug-likeness (QED) is 0.726. The van der Waals surface area contributed by atoms with Gasteiger partial charge in [0.25, 0.3) is 0 Å². The zero-order valence-electron chi connectivity index (χ0n) is 15.9. The van der Waals surface area contributed by atoms with Crippen LogP contribution in [0.4, 0.5) is 5.69 Å². The number of benzene rings is 2. The zero-order valence-corrected chi connectivity index (χ0v) is 15.9. The number of ether oxygens (including phenoxy) is 1. The first-order valence-electron chi connectivity index (χ1n) is 8.76. The number of methoxy groups -OCH3 is 1. The molecule has 0 fully saturated rings. The second-order valence-electron chi connectivity index (χ2n) is 6.69. The van der Waals surface area contributed by atoms with Crippen LogP contribution in [-0.2, 0) is 5.54 Å². The molecule has 3 aromatic rings. The third-order valence-corrected chi connectivity index (χ3v) is 4.83. The Labute approximate surface area is 154 Å². The zero-order chi connectivity index (χ0) is 18.7. The normalized spacial score (nSPS) is 13.3. The van der Waals surface area contributed by atoms with Crippen LogP contribution < -0.4 is 10.1 Å². The summed E-state index contributed by atoms with van der Waals surface area (Å²) in [5, 5.41) is 16.2. The van der Waals surface area contributed by atoms with Crippen LogP contribution in [0.25, 0.3) is 5.69 Å². The molecule has 0 saturated heterocycles. The first-order chi connectivity index (χ1) is 12.5. The van der Waals surface area contributed by atoms with Crippen LogP contribution in [0, 0.1) is 13.8 Å². The fraction of sp³-hybridized carbons (Fsp3) is 0.350. The summed E-state index contributed by atoms with van der Waals surface area (Å²) < 4.78 is 7.09. The van der Waals surface area contributed by atoms with Gasteiger partial charge in [0.1, 0.15) is 5.75 Å². The van der Waals surface area contributed by atoms with Crippen LogP contribution in [0.1, 0.15) is 37.2 Å². The Morgan fingerprint density at radius 3 is 2.31 bits per heavy atom. The summed E-state index contributed by atoms with van der Waals surface area (Å²) in [5.41, 5.74) is 3.88. The van der Waals surface area contributed by atoms with Crippen molar-refractivity contribution in [1.82, 2.24) is 20.2 Å². The fourth-order valence-corrected chi connectivity index (χ4v) is 3.12. The van der Waals surface area contributed by atoms with Gasteiger partial charge in [-0.1, -0.05) is 25.1 Å². The molecule has 1 N–H and O–H groups in total. The molecule has 0 bridgehead atoms. The maximum Gasteiger partial charge on any atom is 0.181 e. The summed E-state index contributed by atoms with van der Waals surface area (Å²) in [4.78, 5) is 0. The van der Waals surface area contributed by atoms with E-state index in [0.717, 1.165) is 40.5 Å². The van der Waals surface area contributed by atoms with Gasteiger partial charge in [0, 0.05) is 5.69 Å². The molecule has 1 unspecified atom stereocenters. The van der Waals surface area contributed by atoms with E-state index < -0.39 is 5.54 Å². The molecular formula is C20H25N5O. The van der Waals surface area contributed by atoms with Gasteiger partial charge in [0.05, 0.1) is 18.3 Å². The van der Waals surface area contributed by atoms with Crippen LogP contribution >= 0.6 is 0 Å². The van der Waals surface area contributed by atoms with E-state index in [4.69, 9.17) is 4.74 Å². The smallest absolute Gasteiger partial charge is 0.181 e. The summed E-state index contributed by atoms with van der Waals surface area (Å²) in [7, 11) is 1.66. The Bertz CT molecular complexity index is 867. The number of hydrogen-bond acceptors (Lipinski definition) is 5. The van der Waals surface area contributed by atoms with Crippen molar-refractivity contribution in [3.05, 3.63) is 59.4 Å². The average Bonchev–Trinajstić information content (AvgIpc) is 3.12. The van der Waals surface area contributed by atoms with Gasteiger partial charge in [-0.15, -0.1) is 5.10 Å². The molecule has 0 amide bonds. The third kappa shape index (κ3) is 3.27. The van der Waals surface area contributed by atoms with Crippen molar-refractivity contribution in [2.45, 2.75) is 39.7 Å². The molecule has 136 valence electrons. The predicted octanol–water partition coefficient (Wildman–Crippen LogP) is 4.03. The van der Waals surface area contributed by atoms with E-state index in [2.05, 4.69) is 60.7 Å². The average molecular weight is 351 g/mol. The molecule has 1 aromatic heterocycles. The molecule has 2 aromatic carbocycles. The number of rotatable bonds is 6. The van der Waals surface area contributed by atoms with Crippen LogP contribution in [0.15, 0.2) is 42.5 Å². The van der Waals surface area contributed by atoms with Crippen LogP contribution in [0.2, 0.25) is 0 Å². The number of tetrazole rings is 1. The topological polar surface area (TPSA) is 64.9 Å². The monoisotopic (exact) mass is 351 g/mol. The van der Waals surface area contributed by atoms with E-state index in [1.165, 1.54) is 0 Å². The first-order valence-corrected chi connectivity index (χ1v) is 8.76. The number of hydrogen-bond donors (Lipinski definition) is 1. The van der Waals surface area contributed by atoms with Crippen molar-refractivity contribution in [3.63, 3.8) is 0 Å². The highest BCUT2D eigenvalue weighted by Gasteiger charge is 2.32. The molecule has 0 aliphatic carbocycles. The van der Waals surface area contributed by atoms with Crippen LogP contribution in [0.5, 0.6) is 5.75 Å². The van der Waals surface area contributed by atoms with Gasteiger partial charge in [-0.05, 0) is 73.0 Å². The van der Waals surface area contributed by atoms with Crippen molar-refractivity contribution >= 4 is 5.69 Å². The molecule has 0 spiro atoms. The number of nitrogens with zero attached hydrogens (tertiary/aromatic N) is 4. The highest BCUT2D eigenvalue weighted by molar-refractivity contribution is 5.51. The van der Waals surface area contributed by atoms with Gasteiger partial charge in [0.2, 0.25) is 0 Å². The predicted molar refractivity (Wildman–Crippen MR) is 103 cm³/mol. The molecule has 0 saturated carbocycles. The third-order valence-electron chi connectivity index (χ3n) is 4.83. The Balaban J connectivity index is 2.02. The molecule has 3 rings (SSSR count). The van der Waals surface area contributed by atoms with E-state index >= 15 is 0 Å². The Kier molecular flexibility index (Phi) is 4.93. The lowest BCUT2D eigenvalue weighted by molar-refractivity contribution is 0.414. The number of nitrogens with one attached hydrogen (secondary N) is 1. The van der Waals surface area contributed by atoms with Gasteiger partial charge in [-0.25, -0.2) is 0 Å². The summed E-state index contributed by atoms with van der Waals surface area (Å²) in [6.07, 6.45) is 0.824. The summed E-state index contributed by atoms with van der Waals surface area (Å²) in [5.74, 6) is 1.61.